The van der Waals surface area contributed by atoms with E-state index >= 15 is 0 Å². The van der Waals surface area contributed by atoms with Crippen LogP contribution in [-0.2, 0) is 29.2 Å². The van der Waals surface area contributed by atoms with Crippen LogP contribution in [0.4, 0.5) is 5.69 Å². The zero-order valence-corrected chi connectivity index (χ0v) is 14.4. The number of carbonyl (C=O) groups excluding carboxylic acids is 1. The Morgan fingerprint density at radius 3 is 2.62 bits per heavy atom. The molecule has 0 unspecified atom stereocenters. The Hall–Kier alpha value is -2.86. The van der Waals surface area contributed by atoms with E-state index in [1.807, 2.05) is 42.5 Å². The minimum Gasteiger partial charge on any atom is -0.481 e. The lowest BCUT2D eigenvalue weighted by atomic mass is 10.1. The summed E-state index contributed by atoms with van der Waals surface area (Å²) >= 11 is 0. The molecule has 2 aromatic rings. The van der Waals surface area contributed by atoms with Crippen LogP contribution in [0.1, 0.15) is 23.1 Å². The Balaban J connectivity index is 1.84. The second-order valence-electron chi connectivity index (χ2n) is 6.44. The first-order chi connectivity index (χ1) is 12.6. The molecule has 1 amide bonds. The highest BCUT2D eigenvalue weighted by molar-refractivity contribution is 5.90. The number of aliphatic carboxylic acids is 1. The van der Waals surface area contributed by atoms with E-state index < -0.39 is 12.0 Å². The summed E-state index contributed by atoms with van der Waals surface area (Å²) in [5.74, 6) is -1.24. The number of hydrogen-bond donors (Lipinski definition) is 3. The molecule has 3 N–H and O–H groups in total. The molecule has 26 heavy (non-hydrogen) atoms. The highest BCUT2D eigenvalue weighted by atomic mass is 16.4. The molecule has 0 spiro atoms. The van der Waals surface area contributed by atoms with Crippen LogP contribution in [0.15, 0.2) is 48.5 Å². The maximum atomic E-state index is 12.9. The highest BCUT2D eigenvalue weighted by Gasteiger charge is 2.30. The van der Waals surface area contributed by atoms with Crippen molar-refractivity contribution in [2.45, 2.75) is 32.0 Å². The molecule has 6 nitrogen and oxygen atoms in total. The average molecular weight is 354 g/mol. The van der Waals surface area contributed by atoms with Crippen LogP contribution in [0, 0.1) is 0 Å². The number of nitrogens with zero attached hydrogens (tertiary/aromatic N) is 1. The van der Waals surface area contributed by atoms with Crippen molar-refractivity contribution in [3.63, 3.8) is 0 Å². The maximum Gasteiger partial charge on any atom is 0.305 e. The zero-order valence-electron chi connectivity index (χ0n) is 14.4. The molecule has 1 aliphatic rings. The van der Waals surface area contributed by atoms with Gasteiger partial charge in [0, 0.05) is 18.8 Å². The molecule has 136 valence electrons. The van der Waals surface area contributed by atoms with Gasteiger partial charge in [0.2, 0.25) is 5.91 Å². The number of hydrogen-bond acceptors (Lipinski definition) is 4. The number of anilines is 1. The summed E-state index contributed by atoms with van der Waals surface area (Å²) in [7, 11) is 0. The summed E-state index contributed by atoms with van der Waals surface area (Å²) in [5, 5.41) is 21.6. The minimum atomic E-state index is -1.03. The van der Waals surface area contributed by atoms with Crippen LogP contribution in [0.3, 0.4) is 0 Å². The summed E-state index contributed by atoms with van der Waals surface area (Å²) in [5.41, 5.74) is 3.47. The molecule has 0 fully saturated rings. The van der Waals surface area contributed by atoms with Gasteiger partial charge in [-0.05, 0) is 29.2 Å². The van der Waals surface area contributed by atoms with Gasteiger partial charge >= 0.3 is 5.97 Å². The molecule has 0 aromatic heterocycles. The Morgan fingerprint density at radius 1 is 1.15 bits per heavy atom. The SMILES string of the molecule is O=C(O)C[C@H]1Nc2cc(CO)ccc2CN(CCc2ccccc2)C1=O. The first kappa shape index (κ1) is 17.9. The third-order valence-corrected chi connectivity index (χ3v) is 4.55. The van der Waals surface area contributed by atoms with E-state index in [1.54, 1.807) is 11.0 Å². The van der Waals surface area contributed by atoms with Crippen molar-refractivity contribution < 1.29 is 19.8 Å². The van der Waals surface area contributed by atoms with Gasteiger partial charge in [0.05, 0.1) is 13.0 Å². The van der Waals surface area contributed by atoms with Crippen molar-refractivity contribution in [3.8, 4) is 0 Å². The van der Waals surface area contributed by atoms with Gasteiger partial charge in [-0.1, -0.05) is 42.5 Å². The van der Waals surface area contributed by atoms with E-state index in [2.05, 4.69) is 5.32 Å². The van der Waals surface area contributed by atoms with Crippen molar-refractivity contribution >= 4 is 17.6 Å². The zero-order chi connectivity index (χ0) is 18.5. The number of fused-ring (bicyclic) bond motifs is 1. The lowest BCUT2D eigenvalue weighted by Crippen LogP contribution is -2.42. The molecule has 1 heterocycles. The molecular weight excluding hydrogens is 332 g/mol. The number of benzene rings is 2. The Bertz CT molecular complexity index is 792. The molecule has 0 bridgehead atoms. The van der Waals surface area contributed by atoms with Crippen LogP contribution in [-0.4, -0.2) is 39.6 Å². The van der Waals surface area contributed by atoms with Crippen molar-refractivity contribution in [1.29, 1.82) is 0 Å². The van der Waals surface area contributed by atoms with Gasteiger partial charge in [0.25, 0.3) is 0 Å². The topological polar surface area (TPSA) is 89.9 Å². The normalized spacial score (nSPS) is 16.6. The summed E-state index contributed by atoms with van der Waals surface area (Å²) in [4.78, 5) is 25.8. The lowest BCUT2D eigenvalue weighted by Gasteiger charge is -2.24. The molecule has 0 saturated heterocycles. The number of rotatable bonds is 6. The third-order valence-electron chi connectivity index (χ3n) is 4.55. The molecule has 1 atom stereocenters. The van der Waals surface area contributed by atoms with Crippen molar-refractivity contribution in [2.75, 3.05) is 11.9 Å². The summed E-state index contributed by atoms with van der Waals surface area (Å²) < 4.78 is 0. The number of carboxylic acids is 1. The van der Waals surface area contributed by atoms with Crippen molar-refractivity contribution in [1.82, 2.24) is 4.90 Å². The van der Waals surface area contributed by atoms with Gasteiger partial charge in [-0.3, -0.25) is 9.59 Å². The number of aliphatic hydroxyl groups is 1. The molecule has 0 radical (unpaired) electrons. The van der Waals surface area contributed by atoms with Crippen LogP contribution in [0.25, 0.3) is 0 Å². The molecular formula is C20H22N2O4. The predicted octanol–water partition coefficient (Wildman–Crippen LogP) is 2.02. The van der Waals surface area contributed by atoms with E-state index in [0.29, 0.717) is 25.2 Å². The average Bonchev–Trinajstić information content (AvgIpc) is 2.77. The third kappa shape index (κ3) is 4.21. The van der Waals surface area contributed by atoms with Crippen LogP contribution in [0.5, 0.6) is 0 Å². The fourth-order valence-electron chi connectivity index (χ4n) is 3.16. The number of carbonyl (C=O) groups is 2. The van der Waals surface area contributed by atoms with E-state index in [-0.39, 0.29) is 18.9 Å². The molecule has 3 rings (SSSR count). The van der Waals surface area contributed by atoms with E-state index in [9.17, 15) is 14.7 Å². The molecule has 6 heteroatoms. The first-order valence-corrected chi connectivity index (χ1v) is 8.60. The fraction of sp³-hybridized carbons (Fsp3) is 0.300. The second-order valence-corrected chi connectivity index (χ2v) is 6.44. The summed E-state index contributed by atoms with van der Waals surface area (Å²) in [6.45, 7) is 0.821. The van der Waals surface area contributed by atoms with Crippen molar-refractivity contribution in [3.05, 3.63) is 65.2 Å². The standard InChI is InChI=1S/C20H22N2O4/c23-13-15-6-7-16-12-22(9-8-14-4-2-1-3-5-14)20(26)18(11-19(24)25)21-17(16)10-15/h1-7,10,18,21,23H,8-9,11-13H2,(H,24,25)/t18-/m1/s1. The smallest absolute Gasteiger partial charge is 0.305 e. The van der Waals surface area contributed by atoms with Crippen molar-refractivity contribution in [2.24, 2.45) is 0 Å². The van der Waals surface area contributed by atoms with Crippen LogP contribution in [0.2, 0.25) is 0 Å². The molecule has 0 saturated carbocycles. The summed E-state index contributed by atoms with van der Waals surface area (Å²) in [6.07, 6.45) is 0.417. The lowest BCUT2D eigenvalue weighted by molar-refractivity contribution is -0.141. The van der Waals surface area contributed by atoms with Gasteiger partial charge in [0.15, 0.2) is 0 Å². The van der Waals surface area contributed by atoms with Gasteiger partial charge in [0.1, 0.15) is 6.04 Å². The second kappa shape index (κ2) is 8.01. The number of aliphatic hydroxyl groups excluding tert-OH is 1. The van der Waals surface area contributed by atoms with Gasteiger partial charge in [-0.2, -0.15) is 0 Å². The summed E-state index contributed by atoms with van der Waals surface area (Å²) in [6, 6.07) is 14.5. The maximum absolute atomic E-state index is 12.9. The Labute approximate surface area is 152 Å². The minimum absolute atomic E-state index is 0.107. The van der Waals surface area contributed by atoms with Gasteiger partial charge in [-0.25, -0.2) is 0 Å². The van der Waals surface area contributed by atoms with Crippen LogP contribution < -0.4 is 5.32 Å². The molecule has 0 aliphatic carbocycles. The van der Waals surface area contributed by atoms with Crippen LogP contribution >= 0.6 is 0 Å². The molecule has 1 aliphatic heterocycles. The monoisotopic (exact) mass is 354 g/mol. The number of carboxylic acid groups (broad SMARTS) is 1. The number of amides is 1. The predicted molar refractivity (Wildman–Crippen MR) is 97.6 cm³/mol. The van der Waals surface area contributed by atoms with E-state index in [1.165, 1.54) is 0 Å². The first-order valence-electron chi connectivity index (χ1n) is 8.60. The fourth-order valence-corrected chi connectivity index (χ4v) is 3.16. The van der Waals surface area contributed by atoms with Gasteiger partial charge in [-0.15, -0.1) is 0 Å². The highest BCUT2D eigenvalue weighted by Crippen LogP contribution is 2.26. The Morgan fingerprint density at radius 2 is 1.92 bits per heavy atom. The van der Waals surface area contributed by atoms with Gasteiger partial charge < -0.3 is 20.4 Å². The molecule has 2 aromatic carbocycles. The quantitative estimate of drug-likeness (QED) is 0.738. The largest absolute Gasteiger partial charge is 0.481 e. The number of nitrogens with one attached hydrogen (secondary N) is 1. The van der Waals surface area contributed by atoms with E-state index in [0.717, 1.165) is 16.7 Å². The Kier molecular flexibility index (Phi) is 5.53. The van der Waals surface area contributed by atoms with E-state index in [4.69, 9.17) is 5.11 Å².